The Bertz CT molecular complexity index is 1150. The summed E-state index contributed by atoms with van der Waals surface area (Å²) in [5, 5.41) is 6.27. The third-order valence-electron chi connectivity index (χ3n) is 4.75. The highest BCUT2D eigenvalue weighted by Crippen LogP contribution is 2.41. The Morgan fingerprint density at radius 3 is 2.38 bits per heavy atom. The molecule has 0 spiro atoms. The maximum Gasteiger partial charge on any atom is 0.180 e. The molecule has 0 saturated carbocycles. The topological polar surface area (TPSA) is 37.2 Å². The van der Waals surface area contributed by atoms with Crippen LogP contribution >= 0.6 is 6.42 Å². The normalized spacial score (nSPS) is 13.8. The van der Waals surface area contributed by atoms with E-state index >= 15 is 0 Å². The van der Waals surface area contributed by atoms with Crippen LogP contribution in [0.25, 0.3) is 21.8 Å². The fourth-order valence-electron chi connectivity index (χ4n) is 3.44. The fraction of sp³-hybridized carbons (Fsp3) is 0.143. The zero-order valence-corrected chi connectivity index (χ0v) is 16.5. The molecule has 1 atom stereocenters. The minimum absolute atomic E-state index is 0.777. The van der Waals surface area contributed by atoms with E-state index in [2.05, 4.69) is 40.8 Å². The smallest absolute Gasteiger partial charge is 0.180 e. The summed E-state index contributed by atoms with van der Waals surface area (Å²) in [4.78, 5) is 11.0. The van der Waals surface area contributed by atoms with E-state index in [1.807, 2.05) is 49.4 Å². The van der Waals surface area contributed by atoms with Gasteiger partial charge in [0.1, 0.15) is 0 Å². The molecule has 1 aromatic heterocycles. The molecule has 132 valence electrons. The number of rotatable bonds is 4. The monoisotopic (exact) mass is 380 g/mol. The number of fused-ring (bicyclic) bond motifs is 3. The van der Waals surface area contributed by atoms with Gasteiger partial charge in [-0.1, -0.05) is 35.9 Å². The largest absolute Gasteiger partial charge is 0.347 e. The number of nitrogens with one attached hydrogen (secondary N) is 1. The quantitative estimate of drug-likeness (QED) is 0.480. The predicted molar refractivity (Wildman–Crippen MR) is 116 cm³/mol. The lowest BCUT2D eigenvalue weighted by molar-refractivity contribution is 0.638. The van der Waals surface area contributed by atoms with Crippen molar-refractivity contribution in [2.75, 3.05) is 5.09 Å². The zero-order chi connectivity index (χ0) is 18.3. The van der Waals surface area contributed by atoms with E-state index in [9.17, 15) is 4.89 Å². The standard InChI is InChI=1S/C21H21N2OPS/c1-3-23-20-7-5-4-6-18(20)19-14-17(12-13-21(19)23)25(24,26)22-16-10-8-15(2)9-11-16/h4-14H,3H2,1-2H3,(H2,22,24,26). The Morgan fingerprint density at radius 2 is 1.65 bits per heavy atom. The number of aromatic nitrogens is 1. The fourth-order valence-corrected chi connectivity index (χ4v) is 5.30. The van der Waals surface area contributed by atoms with Gasteiger partial charge in [0.25, 0.3) is 0 Å². The van der Waals surface area contributed by atoms with E-state index in [-0.39, 0.29) is 0 Å². The highest BCUT2D eigenvalue weighted by atomic mass is 32.4. The van der Waals surface area contributed by atoms with E-state index in [4.69, 9.17) is 11.8 Å². The maximum atomic E-state index is 11.0. The number of aryl methyl sites for hydroxylation is 2. The van der Waals surface area contributed by atoms with Crippen molar-refractivity contribution in [3.63, 3.8) is 0 Å². The van der Waals surface area contributed by atoms with Gasteiger partial charge in [-0.25, -0.2) is 0 Å². The van der Waals surface area contributed by atoms with Crippen LogP contribution in [0.3, 0.4) is 0 Å². The highest BCUT2D eigenvalue weighted by Gasteiger charge is 2.18. The third kappa shape index (κ3) is 2.95. The van der Waals surface area contributed by atoms with Crippen LogP contribution in [0.5, 0.6) is 0 Å². The summed E-state index contributed by atoms with van der Waals surface area (Å²) in [5.74, 6) is 0. The molecule has 1 unspecified atom stereocenters. The van der Waals surface area contributed by atoms with Crippen molar-refractivity contribution in [3.8, 4) is 0 Å². The first kappa shape index (κ1) is 17.3. The number of nitrogens with zero attached hydrogens (tertiary/aromatic N) is 1. The van der Waals surface area contributed by atoms with Gasteiger partial charge in [0.05, 0.1) is 0 Å². The second-order valence-corrected chi connectivity index (χ2v) is 9.99. The molecular formula is C21H21N2OPS. The Balaban J connectivity index is 1.82. The van der Waals surface area contributed by atoms with E-state index < -0.39 is 6.42 Å². The van der Waals surface area contributed by atoms with E-state index in [0.29, 0.717) is 0 Å². The first-order chi connectivity index (χ1) is 12.5. The van der Waals surface area contributed by atoms with Gasteiger partial charge in [0.2, 0.25) is 0 Å². The van der Waals surface area contributed by atoms with E-state index in [0.717, 1.165) is 22.9 Å². The SMILES string of the molecule is CCn1c2ccccc2c2cc(P(O)(=S)Nc3ccc(C)cc3)ccc21. The van der Waals surface area contributed by atoms with Crippen molar-refractivity contribution in [1.82, 2.24) is 4.57 Å². The van der Waals surface area contributed by atoms with Gasteiger partial charge < -0.3 is 14.5 Å². The molecule has 0 aliphatic heterocycles. The molecule has 5 heteroatoms. The molecule has 0 radical (unpaired) electrons. The molecule has 2 N–H and O–H groups in total. The van der Waals surface area contributed by atoms with Gasteiger partial charge in [-0.3, -0.25) is 0 Å². The van der Waals surface area contributed by atoms with Crippen molar-refractivity contribution in [2.24, 2.45) is 0 Å². The average Bonchev–Trinajstić information content (AvgIpc) is 2.96. The van der Waals surface area contributed by atoms with Crippen molar-refractivity contribution < 1.29 is 4.89 Å². The number of benzene rings is 3. The molecular weight excluding hydrogens is 359 g/mol. The Labute approximate surface area is 158 Å². The maximum absolute atomic E-state index is 11.0. The average molecular weight is 380 g/mol. The van der Waals surface area contributed by atoms with Gasteiger partial charge in [-0.05, 0) is 62.1 Å². The Kier molecular flexibility index (Phi) is 4.36. The molecule has 0 bridgehead atoms. The second-order valence-electron chi connectivity index (χ2n) is 6.52. The van der Waals surface area contributed by atoms with Crippen LogP contribution in [-0.2, 0) is 18.4 Å². The molecule has 4 aromatic rings. The third-order valence-corrected chi connectivity index (χ3v) is 7.20. The van der Waals surface area contributed by atoms with Crippen LogP contribution < -0.4 is 10.4 Å². The number of hydrogen-bond acceptors (Lipinski definition) is 1. The molecule has 0 aliphatic carbocycles. The molecule has 3 aromatic carbocycles. The predicted octanol–water partition coefficient (Wildman–Crippen LogP) is 5.16. The number of para-hydroxylation sites is 1. The van der Waals surface area contributed by atoms with Gasteiger partial charge in [0, 0.05) is 39.3 Å². The molecule has 0 fully saturated rings. The van der Waals surface area contributed by atoms with Crippen LogP contribution in [0.2, 0.25) is 0 Å². The lowest BCUT2D eigenvalue weighted by Gasteiger charge is -2.19. The minimum Gasteiger partial charge on any atom is -0.347 e. The van der Waals surface area contributed by atoms with Crippen LogP contribution in [0.15, 0.2) is 66.7 Å². The van der Waals surface area contributed by atoms with Crippen molar-refractivity contribution in [2.45, 2.75) is 20.4 Å². The molecule has 0 amide bonds. The lowest BCUT2D eigenvalue weighted by atomic mass is 10.1. The highest BCUT2D eigenvalue weighted by molar-refractivity contribution is 8.16. The van der Waals surface area contributed by atoms with Gasteiger partial charge in [-0.2, -0.15) is 0 Å². The van der Waals surface area contributed by atoms with Gasteiger partial charge >= 0.3 is 0 Å². The van der Waals surface area contributed by atoms with E-state index in [1.54, 1.807) is 0 Å². The summed E-state index contributed by atoms with van der Waals surface area (Å²) >= 11 is 5.59. The summed E-state index contributed by atoms with van der Waals surface area (Å²) in [6.07, 6.45) is -2.89. The minimum atomic E-state index is -2.89. The Hall–Kier alpha value is -2.13. The van der Waals surface area contributed by atoms with Gasteiger partial charge in [-0.15, -0.1) is 0 Å². The van der Waals surface area contributed by atoms with Crippen molar-refractivity contribution in [1.29, 1.82) is 0 Å². The van der Waals surface area contributed by atoms with Crippen molar-refractivity contribution in [3.05, 3.63) is 72.3 Å². The summed E-state index contributed by atoms with van der Waals surface area (Å²) in [5.41, 5.74) is 4.40. The summed E-state index contributed by atoms with van der Waals surface area (Å²) in [6.45, 7) is 5.09. The molecule has 1 heterocycles. The number of anilines is 1. The van der Waals surface area contributed by atoms with Crippen LogP contribution in [0.1, 0.15) is 12.5 Å². The first-order valence-corrected chi connectivity index (χ1v) is 11.4. The van der Waals surface area contributed by atoms with Crippen LogP contribution in [0, 0.1) is 6.92 Å². The summed E-state index contributed by atoms with van der Waals surface area (Å²) < 4.78 is 2.29. The zero-order valence-electron chi connectivity index (χ0n) is 14.8. The molecule has 26 heavy (non-hydrogen) atoms. The molecule has 0 saturated heterocycles. The van der Waals surface area contributed by atoms with E-state index in [1.165, 1.54) is 22.0 Å². The molecule has 3 nitrogen and oxygen atoms in total. The van der Waals surface area contributed by atoms with Crippen molar-refractivity contribution >= 4 is 51.0 Å². The first-order valence-electron chi connectivity index (χ1n) is 8.69. The second kappa shape index (κ2) is 6.55. The lowest BCUT2D eigenvalue weighted by Crippen LogP contribution is -2.10. The number of hydrogen-bond donors (Lipinski definition) is 2. The van der Waals surface area contributed by atoms with Crippen LogP contribution in [-0.4, -0.2) is 9.46 Å². The van der Waals surface area contributed by atoms with Crippen LogP contribution in [0.4, 0.5) is 5.69 Å². The summed E-state index contributed by atoms with van der Waals surface area (Å²) in [6, 6.07) is 22.4. The Morgan fingerprint density at radius 1 is 0.962 bits per heavy atom. The molecule has 4 rings (SSSR count). The molecule has 0 aliphatic rings. The summed E-state index contributed by atoms with van der Waals surface area (Å²) in [7, 11) is 0. The van der Waals surface area contributed by atoms with Gasteiger partial charge in [0.15, 0.2) is 6.42 Å².